The van der Waals surface area contributed by atoms with Gasteiger partial charge in [0.25, 0.3) is 0 Å². The minimum absolute atomic E-state index is 0.762. The van der Waals surface area contributed by atoms with Crippen LogP contribution in [0, 0.1) is 0 Å². The molecule has 0 amide bonds. The fourth-order valence-corrected chi connectivity index (χ4v) is 2.99. The Labute approximate surface area is 147 Å². The second-order valence-corrected chi connectivity index (χ2v) is 7.36. The van der Waals surface area contributed by atoms with Crippen LogP contribution >= 0.6 is 0 Å². The SMILES string of the molecule is CCCCCCCCCCCCCCCCO[N+](C)(CC)CC. The topological polar surface area (TPSA) is 9.23 Å². The molecule has 0 fully saturated rings. The molecule has 0 bridgehead atoms. The van der Waals surface area contributed by atoms with E-state index < -0.39 is 0 Å². The molecule has 0 aliphatic heterocycles. The Kier molecular flexibility index (Phi) is 16.7. The highest BCUT2D eigenvalue weighted by atomic mass is 16.7. The summed E-state index contributed by atoms with van der Waals surface area (Å²) in [5.74, 6) is 0. The van der Waals surface area contributed by atoms with E-state index in [0.717, 1.165) is 24.3 Å². The van der Waals surface area contributed by atoms with Gasteiger partial charge in [0.2, 0.25) is 0 Å². The minimum atomic E-state index is 0.762. The summed E-state index contributed by atoms with van der Waals surface area (Å²) in [6.45, 7) is 9.75. The van der Waals surface area contributed by atoms with E-state index in [1.807, 2.05) is 0 Å². The molecule has 140 valence electrons. The van der Waals surface area contributed by atoms with E-state index in [-0.39, 0.29) is 0 Å². The first-order valence-corrected chi connectivity index (χ1v) is 10.7. The minimum Gasteiger partial charge on any atom is -0.203 e. The number of nitrogens with zero attached hydrogens (tertiary/aromatic N) is 1. The molecule has 0 unspecified atom stereocenters. The van der Waals surface area contributed by atoms with E-state index >= 15 is 0 Å². The monoisotopic (exact) mass is 328 g/mol. The van der Waals surface area contributed by atoms with Gasteiger partial charge in [0.05, 0.1) is 7.05 Å². The number of hydrogen-bond acceptors (Lipinski definition) is 1. The summed E-state index contributed by atoms with van der Waals surface area (Å²) in [5, 5.41) is 0. The molecule has 0 radical (unpaired) electrons. The Hall–Kier alpha value is -0.0800. The zero-order valence-electron chi connectivity index (χ0n) is 16.9. The Morgan fingerprint density at radius 2 is 0.870 bits per heavy atom. The summed E-state index contributed by atoms with van der Waals surface area (Å²) in [5.41, 5.74) is 0. The van der Waals surface area contributed by atoms with Gasteiger partial charge in [-0.3, -0.25) is 0 Å². The van der Waals surface area contributed by atoms with Gasteiger partial charge in [0.1, 0.15) is 19.7 Å². The number of hydrogen-bond donors (Lipinski definition) is 0. The normalized spacial score (nSPS) is 12.0. The molecule has 2 nitrogen and oxygen atoms in total. The van der Waals surface area contributed by atoms with Crippen molar-refractivity contribution in [2.45, 2.75) is 111 Å². The maximum Gasteiger partial charge on any atom is 0.106 e. The van der Waals surface area contributed by atoms with Gasteiger partial charge in [0.15, 0.2) is 0 Å². The summed E-state index contributed by atoms with van der Waals surface area (Å²) in [6, 6.07) is 0. The van der Waals surface area contributed by atoms with Crippen LogP contribution in [0.5, 0.6) is 0 Å². The van der Waals surface area contributed by atoms with Gasteiger partial charge >= 0.3 is 0 Å². The summed E-state index contributed by atoms with van der Waals surface area (Å²) in [7, 11) is 2.18. The predicted octanol–water partition coefficient (Wildman–Crippen LogP) is 6.89. The van der Waals surface area contributed by atoms with Crippen LogP contribution < -0.4 is 0 Å². The third-order valence-corrected chi connectivity index (χ3v) is 5.24. The highest BCUT2D eigenvalue weighted by molar-refractivity contribution is 4.49. The molecule has 0 N–H and O–H groups in total. The molecule has 0 aliphatic carbocycles. The predicted molar refractivity (Wildman–Crippen MR) is 104 cm³/mol. The second kappa shape index (κ2) is 16.8. The smallest absolute Gasteiger partial charge is 0.106 e. The molecule has 2 heteroatoms. The fourth-order valence-electron chi connectivity index (χ4n) is 2.99. The van der Waals surface area contributed by atoms with E-state index in [0.29, 0.717) is 0 Å². The lowest BCUT2D eigenvalue weighted by Crippen LogP contribution is -2.43. The van der Waals surface area contributed by atoms with Crippen molar-refractivity contribution in [3.63, 3.8) is 0 Å². The zero-order valence-corrected chi connectivity index (χ0v) is 16.9. The van der Waals surface area contributed by atoms with Crippen LogP contribution in [0.15, 0.2) is 0 Å². The summed E-state index contributed by atoms with van der Waals surface area (Å²) >= 11 is 0. The van der Waals surface area contributed by atoms with Crippen LogP contribution in [0.2, 0.25) is 0 Å². The first kappa shape index (κ1) is 22.9. The van der Waals surface area contributed by atoms with Crippen molar-refractivity contribution < 1.29 is 9.48 Å². The lowest BCUT2D eigenvalue weighted by Gasteiger charge is -2.28. The van der Waals surface area contributed by atoms with Crippen LogP contribution in [0.3, 0.4) is 0 Å². The number of unbranched alkanes of at least 4 members (excludes halogenated alkanes) is 13. The van der Waals surface area contributed by atoms with Gasteiger partial charge in [-0.25, -0.2) is 4.84 Å². The summed E-state index contributed by atoms with van der Waals surface area (Å²) < 4.78 is 0.762. The molecular weight excluding hydrogens is 282 g/mol. The highest BCUT2D eigenvalue weighted by Gasteiger charge is 2.17. The third-order valence-electron chi connectivity index (χ3n) is 5.24. The van der Waals surface area contributed by atoms with Gasteiger partial charge in [-0.2, -0.15) is 4.65 Å². The largest absolute Gasteiger partial charge is 0.203 e. The zero-order chi connectivity index (χ0) is 17.2. The molecule has 0 spiro atoms. The van der Waals surface area contributed by atoms with E-state index in [1.54, 1.807) is 0 Å². The van der Waals surface area contributed by atoms with Crippen LogP contribution in [0.1, 0.15) is 111 Å². The van der Waals surface area contributed by atoms with Crippen molar-refractivity contribution >= 4 is 0 Å². The second-order valence-electron chi connectivity index (χ2n) is 7.36. The quantitative estimate of drug-likeness (QED) is 0.151. The lowest BCUT2D eigenvalue weighted by molar-refractivity contribution is -1.09. The summed E-state index contributed by atoms with van der Waals surface area (Å²) in [4.78, 5) is 5.97. The maximum atomic E-state index is 5.97. The van der Waals surface area contributed by atoms with Crippen molar-refractivity contribution in [3.8, 4) is 0 Å². The van der Waals surface area contributed by atoms with Crippen LogP contribution in [-0.2, 0) is 4.84 Å². The Morgan fingerprint density at radius 3 is 1.22 bits per heavy atom. The van der Waals surface area contributed by atoms with E-state index in [4.69, 9.17) is 4.84 Å². The van der Waals surface area contributed by atoms with Gasteiger partial charge in [-0.1, -0.05) is 90.4 Å². The fraction of sp³-hybridized carbons (Fsp3) is 1.00. The van der Waals surface area contributed by atoms with Crippen molar-refractivity contribution in [2.75, 3.05) is 26.7 Å². The van der Waals surface area contributed by atoms with Crippen LogP contribution in [0.4, 0.5) is 0 Å². The molecule has 0 aromatic carbocycles. The number of quaternary nitrogens is 1. The molecule has 0 atom stereocenters. The van der Waals surface area contributed by atoms with E-state index in [2.05, 4.69) is 27.8 Å². The molecule has 0 aliphatic rings. The van der Waals surface area contributed by atoms with Crippen LogP contribution in [-0.4, -0.2) is 31.4 Å². The van der Waals surface area contributed by atoms with E-state index in [9.17, 15) is 0 Å². The Balaban J connectivity index is 3.14. The molecule has 0 heterocycles. The molecule has 0 aromatic heterocycles. The van der Waals surface area contributed by atoms with Crippen molar-refractivity contribution in [1.82, 2.24) is 0 Å². The Bertz CT molecular complexity index is 226. The highest BCUT2D eigenvalue weighted by Crippen LogP contribution is 2.13. The molecular formula is C21H46NO+. The van der Waals surface area contributed by atoms with E-state index in [1.165, 1.54) is 89.9 Å². The van der Waals surface area contributed by atoms with Gasteiger partial charge in [-0.15, -0.1) is 0 Å². The average Bonchev–Trinajstić information content (AvgIpc) is 2.58. The van der Waals surface area contributed by atoms with Crippen molar-refractivity contribution in [1.29, 1.82) is 0 Å². The first-order chi connectivity index (χ1) is 11.2. The molecule has 0 saturated heterocycles. The molecule has 0 saturated carbocycles. The third kappa shape index (κ3) is 15.2. The number of hydroxylamine groups is 3. The standard InChI is InChI=1S/C21H46NO/c1-5-8-9-10-11-12-13-14-15-16-17-18-19-20-21-23-22(4,6-2)7-3/h5-21H2,1-4H3/q+1. The molecule has 0 rings (SSSR count). The number of rotatable bonds is 18. The van der Waals surface area contributed by atoms with Crippen molar-refractivity contribution in [2.24, 2.45) is 0 Å². The molecule has 0 aromatic rings. The van der Waals surface area contributed by atoms with Crippen molar-refractivity contribution in [3.05, 3.63) is 0 Å². The average molecular weight is 329 g/mol. The van der Waals surface area contributed by atoms with Gasteiger partial charge in [-0.05, 0) is 20.3 Å². The van der Waals surface area contributed by atoms with Crippen LogP contribution in [0.25, 0.3) is 0 Å². The molecule has 23 heavy (non-hydrogen) atoms. The first-order valence-electron chi connectivity index (χ1n) is 10.7. The summed E-state index contributed by atoms with van der Waals surface area (Å²) in [6.07, 6.45) is 19.8. The maximum absolute atomic E-state index is 5.97. The lowest BCUT2D eigenvalue weighted by atomic mass is 10.0. The Morgan fingerprint density at radius 1 is 0.522 bits per heavy atom. The van der Waals surface area contributed by atoms with Gasteiger partial charge in [0, 0.05) is 0 Å². The van der Waals surface area contributed by atoms with Gasteiger partial charge < -0.3 is 0 Å².